The van der Waals surface area contributed by atoms with Crippen LogP contribution in [-0.4, -0.2) is 71.0 Å². The Hall–Kier alpha value is -3.81. The van der Waals surface area contributed by atoms with Crippen molar-refractivity contribution in [1.29, 1.82) is 0 Å². The van der Waals surface area contributed by atoms with Crippen molar-refractivity contribution < 1.29 is 13.5 Å². The van der Waals surface area contributed by atoms with E-state index in [9.17, 15) is 8.78 Å². The maximum Gasteiger partial charge on any atom is 0.296 e. The Balaban J connectivity index is 1.67. The molecule has 4 aromatic rings. The van der Waals surface area contributed by atoms with Crippen LogP contribution in [0.1, 0.15) is 12.2 Å². The van der Waals surface area contributed by atoms with Crippen molar-refractivity contribution in [1.82, 2.24) is 44.7 Å². The van der Waals surface area contributed by atoms with Crippen molar-refractivity contribution in [3.05, 3.63) is 30.1 Å². The fourth-order valence-electron chi connectivity index (χ4n) is 3.25. The molecule has 1 aromatic carbocycles. The summed E-state index contributed by atoms with van der Waals surface area (Å²) in [5.41, 5.74) is 0.876. The average molecular weight is 429 g/mol. The number of halogens is 2. The van der Waals surface area contributed by atoms with Crippen LogP contribution < -0.4 is 10.2 Å². The highest BCUT2D eigenvalue weighted by Gasteiger charge is 2.24. The van der Waals surface area contributed by atoms with Crippen LogP contribution in [0.2, 0.25) is 0 Å². The molecule has 0 saturated carbocycles. The number of para-hydroxylation sites is 2. The first-order valence-corrected chi connectivity index (χ1v) is 9.44. The van der Waals surface area contributed by atoms with E-state index in [1.165, 1.54) is 9.25 Å². The van der Waals surface area contributed by atoms with Gasteiger partial charge in [-0.15, -0.1) is 0 Å². The summed E-state index contributed by atoms with van der Waals surface area (Å²) in [7, 11) is 1.64. The lowest BCUT2D eigenvalue weighted by atomic mass is 10.3. The monoisotopic (exact) mass is 429 g/mol. The Morgan fingerprint density at radius 2 is 1.81 bits per heavy atom. The third kappa shape index (κ3) is 3.61. The number of benzene rings is 1. The number of aromatic nitrogens is 9. The minimum Gasteiger partial charge on any atom is -0.378 e. The SMILES string of the molecule is Cn1nnnc1Nc1nc(N2CCOCC2)nc(-n2c(C(F)F)nc3ccccc32)n1. The number of hydrogen-bond donors (Lipinski definition) is 1. The summed E-state index contributed by atoms with van der Waals surface area (Å²) in [5, 5.41) is 14.1. The predicted molar refractivity (Wildman–Crippen MR) is 105 cm³/mol. The molecule has 160 valence electrons. The molecule has 1 aliphatic rings. The van der Waals surface area contributed by atoms with Gasteiger partial charge in [0, 0.05) is 20.1 Å². The van der Waals surface area contributed by atoms with Crippen LogP contribution in [0.5, 0.6) is 0 Å². The van der Waals surface area contributed by atoms with Gasteiger partial charge >= 0.3 is 0 Å². The molecule has 1 N–H and O–H groups in total. The Labute approximate surface area is 173 Å². The molecule has 0 bridgehead atoms. The molecular weight excluding hydrogens is 412 g/mol. The topological polar surface area (TPSA) is 125 Å². The van der Waals surface area contributed by atoms with Crippen molar-refractivity contribution in [2.75, 3.05) is 36.5 Å². The molecule has 0 radical (unpaired) electrons. The minimum atomic E-state index is -2.82. The first kappa shape index (κ1) is 19.2. The van der Waals surface area contributed by atoms with Gasteiger partial charge in [-0.3, -0.25) is 9.88 Å². The number of nitrogens with one attached hydrogen (secondary N) is 1. The van der Waals surface area contributed by atoms with Crippen molar-refractivity contribution in [3.8, 4) is 5.95 Å². The molecular formula is C17H17F2N11O. The molecule has 0 atom stereocenters. The molecule has 3 aromatic heterocycles. The number of fused-ring (bicyclic) bond motifs is 1. The number of hydrogen-bond acceptors (Lipinski definition) is 10. The summed E-state index contributed by atoms with van der Waals surface area (Å²) < 4.78 is 35.7. The van der Waals surface area contributed by atoms with E-state index in [0.29, 0.717) is 43.3 Å². The number of ether oxygens (including phenoxy) is 1. The zero-order chi connectivity index (χ0) is 21.4. The Morgan fingerprint density at radius 3 is 2.55 bits per heavy atom. The van der Waals surface area contributed by atoms with Crippen LogP contribution in [0.25, 0.3) is 17.0 Å². The lowest BCUT2D eigenvalue weighted by Crippen LogP contribution is -2.37. The van der Waals surface area contributed by atoms with E-state index in [-0.39, 0.29) is 17.8 Å². The molecule has 0 spiro atoms. The highest BCUT2D eigenvalue weighted by Crippen LogP contribution is 2.28. The molecule has 4 heterocycles. The summed E-state index contributed by atoms with van der Waals surface area (Å²) in [6.07, 6.45) is -2.82. The zero-order valence-corrected chi connectivity index (χ0v) is 16.4. The van der Waals surface area contributed by atoms with Crippen LogP contribution in [0.4, 0.5) is 26.6 Å². The molecule has 1 fully saturated rings. The quantitative estimate of drug-likeness (QED) is 0.495. The summed E-state index contributed by atoms with van der Waals surface area (Å²) >= 11 is 0. The fraction of sp³-hybridized carbons (Fsp3) is 0.353. The van der Waals surface area contributed by atoms with Crippen molar-refractivity contribution in [3.63, 3.8) is 0 Å². The normalized spacial score (nSPS) is 14.5. The van der Waals surface area contributed by atoms with Gasteiger partial charge in [0.25, 0.3) is 6.43 Å². The second-order valence-corrected chi connectivity index (χ2v) is 6.70. The van der Waals surface area contributed by atoms with E-state index in [1.54, 1.807) is 31.3 Å². The summed E-state index contributed by atoms with van der Waals surface area (Å²) in [5.74, 6) is 0.283. The number of tetrazole rings is 1. The maximum atomic E-state index is 13.8. The van der Waals surface area contributed by atoms with Crippen molar-refractivity contribution >= 4 is 28.9 Å². The smallest absolute Gasteiger partial charge is 0.296 e. The van der Waals surface area contributed by atoms with Crippen LogP contribution in [0.15, 0.2) is 24.3 Å². The summed E-state index contributed by atoms with van der Waals surface area (Å²) in [4.78, 5) is 19.3. The van der Waals surface area contributed by atoms with E-state index in [1.807, 2.05) is 4.90 Å². The molecule has 1 saturated heterocycles. The van der Waals surface area contributed by atoms with E-state index >= 15 is 0 Å². The van der Waals surface area contributed by atoms with Crippen molar-refractivity contribution in [2.45, 2.75) is 6.43 Å². The van der Waals surface area contributed by atoms with E-state index in [4.69, 9.17) is 4.74 Å². The van der Waals surface area contributed by atoms with Crippen LogP contribution in [0, 0.1) is 0 Å². The van der Waals surface area contributed by atoms with Crippen LogP contribution in [0.3, 0.4) is 0 Å². The van der Waals surface area contributed by atoms with Gasteiger partial charge in [-0.2, -0.15) is 15.0 Å². The number of imidazole rings is 1. The van der Waals surface area contributed by atoms with Gasteiger partial charge in [-0.25, -0.2) is 18.4 Å². The third-order valence-corrected chi connectivity index (χ3v) is 4.73. The number of alkyl halides is 2. The highest BCUT2D eigenvalue weighted by atomic mass is 19.3. The molecule has 0 amide bonds. The second kappa shape index (κ2) is 7.79. The molecule has 5 rings (SSSR count). The lowest BCUT2D eigenvalue weighted by molar-refractivity contribution is 0.122. The third-order valence-electron chi connectivity index (χ3n) is 4.73. The lowest BCUT2D eigenvalue weighted by Gasteiger charge is -2.27. The van der Waals surface area contributed by atoms with Crippen molar-refractivity contribution in [2.24, 2.45) is 7.05 Å². The van der Waals surface area contributed by atoms with E-state index in [2.05, 4.69) is 40.8 Å². The largest absolute Gasteiger partial charge is 0.378 e. The molecule has 0 unspecified atom stereocenters. The van der Waals surface area contributed by atoms with Gasteiger partial charge in [-0.05, 0) is 22.6 Å². The first-order chi connectivity index (χ1) is 15.1. The number of morpholine rings is 1. The molecule has 1 aliphatic heterocycles. The number of rotatable bonds is 5. The van der Waals surface area contributed by atoms with Gasteiger partial charge in [0.2, 0.25) is 23.8 Å². The standard InChI is InChI=1S/C17H17F2N11O/c1-28-17(25-26-27-28)23-14-21-15(29-6-8-31-9-7-29)24-16(22-14)30-11-5-3-2-4-10(11)20-13(30)12(18)19/h2-5,12H,6-9H2,1H3,(H,21,22,23,24,25,27). The Morgan fingerprint density at radius 1 is 1.03 bits per heavy atom. The molecule has 14 heteroatoms. The molecule has 12 nitrogen and oxygen atoms in total. The fourth-order valence-corrected chi connectivity index (χ4v) is 3.25. The Bertz CT molecular complexity index is 1220. The average Bonchev–Trinajstić information content (AvgIpc) is 3.38. The summed E-state index contributed by atoms with van der Waals surface area (Å²) in [6, 6.07) is 6.82. The Kier molecular flexibility index (Phi) is 4.82. The van der Waals surface area contributed by atoms with Gasteiger partial charge < -0.3 is 9.64 Å². The van der Waals surface area contributed by atoms with Gasteiger partial charge in [0.15, 0.2) is 5.82 Å². The first-order valence-electron chi connectivity index (χ1n) is 9.44. The minimum absolute atomic E-state index is 0.0121. The van der Waals surface area contributed by atoms with E-state index < -0.39 is 12.2 Å². The van der Waals surface area contributed by atoms with Gasteiger partial charge in [0.1, 0.15) is 0 Å². The molecule has 0 aliphatic carbocycles. The van der Waals surface area contributed by atoms with Gasteiger partial charge in [0.05, 0.1) is 24.2 Å². The van der Waals surface area contributed by atoms with E-state index in [0.717, 1.165) is 0 Å². The predicted octanol–water partition coefficient (Wildman–Crippen LogP) is 1.25. The number of nitrogens with zero attached hydrogens (tertiary/aromatic N) is 10. The van der Waals surface area contributed by atoms with Crippen LogP contribution >= 0.6 is 0 Å². The summed E-state index contributed by atoms with van der Waals surface area (Å²) in [6.45, 7) is 2.13. The van der Waals surface area contributed by atoms with Gasteiger partial charge in [-0.1, -0.05) is 17.2 Å². The van der Waals surface area contributed by atoms with Crippen LogP contribution in [-0.2, 0) is 11.8 Å². The maximum absolute atomic E-state index is 13.8. The molecule has 31 heavy (non-hydrogen) atoms. The highest BCUT2D eigenvalue weighted by molar-refractivity contribution is 5.77. The second-order valence-electron chi connectivity index (χ2n) is 6.70. The number of anilines is 3. The zero-order valence-electron chi connectivity index (χ0n) is 16.4. The number of aryl methyl sites for hydroxylation is 1.